The molecular weight excluding hydrogens is 247 g/mol. The summed E-state index contributed by atoms with van der Waals surface area (Å²) in [6.07, 6.45) is 0. The normalized spacial score (nSPS) is 17.4. The first kappa shape index (κ1) is 13.3. The van der Waals surface area contributed by atoms with Crippen LogP contribution < -0.4 is 22.1 Å². The second-order valence-corrected chi connectivity index (χ2v) is 7.46. The summed E-state index contributed by atoms with van der Waals surface area (Å²) in [7, 11) is -1.83. The number of amides is 6. The Hall–Kier alpha value is -1.76. The summed E-state index contributed by atoms with van der Waals surface area (Å²) in [5.41, 5.74) is 9.85. The molecule has 1 aliphatic heterocycles. The number of carbonyl (C=O) groups is 3. The molecule has 1 aliphatic rings. The standard InChI is InChI=1S/C7H15N6O3P/c1-17(2)12(3-10-5(8)14)7(16)13(17)4-11-6(9)15/h3-4H2,1-2H3,(H5-,8,9,10,11,14,15)/p+1. The molecule has 0 unspecified atom stereocenters. The molecule has 10 heteroatoms. The topological polar surface area (TPSA) is 134 Å². The Morgan fingerprint density at radius 2 is 1.47 bits per heavy atom. The van der Waals surface area contributed by atoms with E-state index in [4.69, 9.17) is 11.5 Å². The summed E-state index contributed by atoms with van der Waals surface area (Å²) in [5, 5.41) is 4.70. The van der Waals surface area contributed by atoms with Crippen LogP contribution >= 0.6 is 7.56 Å². The van der Waals surface area contributed by atoms with Crippen LogP contribution in [-0.4, -0.2) is 54.1 Å². The molecule has 0 radical (unpaired) electrons. The number of carbonyl (C=O) groups excluding carboxylic acids is 3. The first-order chi connectivity index (χ1) is 7.76. The molecular formula is C7H16N6O3P+. The smallest absolute Gasteiger partial charge is 0.352 e. The average Bonchev–Trinajstić information content (AvgIpc) is 2.15. The van der Waals surface area contributed by atoms with E-state index in [1.165, 1.54) is 9.34 Å². The highest BCUT2D eigenvalue weighted by molar-refractivity contribution is 7.73. The molecule has 9 nitrogen and oxygen atoms in total. The van der Waals surface area contributed by atoms with Crippen molar-refractivity contribution in [1.29, 1.82) is 0 Å². The van der Waals surface area contributed by atoms with E-state index in [1.807, 2.05) is 13.3 Å². The van der Waals surface area contributed by atoms with E-state index in [0.717, 1.165) is 0 Å². The van der Waals surface area contributed by atoms with E-state index in [-0.39, 0.29) is 19.4 Å². The highest BCUT2D eigenvalue weighted by Crippen LogP contribution is 2.66. The molecule has 0 atom stereocenters. The van der Waals surface area contributed by atoms with Gasteiger partial charge in [0.2, 0.25) is 7.56 Å². The third-order valence-electron chi connectivity index (χ3n) is 2.43. The van der Waals surface area contributed by atoms with Gasteiger partial charge in [-0.05, 0) is 0 Å². The fraction of sp³-hybridized carbons (Fsp3) is 0.571. The maximum absolute atomic E-state index is 11.7. The van der Waals surface area contributed by atoms with Crippen LogP contribution in [0.25, 0.3) is 0 Å². The van der Waals surface area contributed by atoms with Gasteiger partial charge in [0.1, 0.15) is 13.3 Å². The Morgan fingerprint density at radius 1 is 1.12 bits per heavy atom. The first-order valence-corrected chi connectivity index (χ1v) is 7.36. The van der Waals surface area contributed by atoms with Crippen molar-refractivity contribution in [3.05, 3.63) is 0 Å². The zero-order valence-corrected chi connectivity index (χ0v) is 10.5. The van der Waals surface area contributed by atoms with Gasteiger partial charge in [-0.3, -0.25) is 0 Å². The minimum atomic E-state index is -1.83. The Kier molecular flexibility index (Phi) is 3.62. The number of nitrogens with one attached hydrogen (secondary N) is 2. The molecule has 0 aromatic carbocycles. The summed E-state index contributed by atoms with van der Waals surface area (Å²) in [6.45, 7) is 3.89. The maximum atomic E-state index is 11.7. The van der Waals surface area contributed by atoms with E-state index in [0.29, 0.717) is 0 Å². The molecule has 0 saturated carbocycles. The number of rotatable bonds is 4. The van der Waals surface area contributed by atoms with Crippen molar-refractivity contribution in [2.24, 2.45) is 11.5 Å². The van der Waals surface area contributed by atoms with Crippen LogP contribution in [0.1, 0.15) is 0 Å². The van der Waals surface area contributed by atoms with Gasteiger partial charge < -0.3 is 22.1 Å². The maximum Gasteiger partial charge on any atom is 0.390 e. The van der Waals surface area contributed by atoms with Gasteiger partial charge in [0.25, 0.3) is 0 Å². The lowest BCUT2D eigenvalue weighted by Crippen LogP contribution is -2.61. The number of primary amides is 2. The zero-order chi connectivity index (χ0) is 13.2. The Labute approximate surface area is 98.9 Å². The molecule has 1 saturated heterocycles. The lowest BCUT2D eigenvalue weighted by atomic mass is 10.8. The Balaban J connectivity index is 2.54. The van der Waals surface area contributed by atoms with Crippen LogP contribution in [0.2, 0.25) is 0 Å². The van der Waals surface area contributed by atoms with Crippen LogP contribution in [0, 0.1) is 0 Å². The van der Waals surface area contributed by atoms with E-state index in [1.54, 1.807) is 0 Å². The van der Waals surface area contributed by atoms with Gasteiger partial charge in [0.05, 0.1) is 13.3 Å². The second kappa shape index (κ2) is 4.62. The molecule has 6 N–H and O–H groups in total. The molecule has 1 heterocycles. The van der Waals surface area contributed by atoms with Crippen molar-refractivity contribution < 1.29 is 14.4 Å². The van der Waals surface area contributed by atoms with Gasteiger partial charge in [-0.2, -0.15) is 9.34 Å². The minimum Gasteiger partial charge on any atom is -0.352 e. The lowest BCUT2D eigenvalue weighted by molar-refractivity contribution is 0.178. The first-order valence-electron chi connectivity index (χ1n) is 4.77. The van der Waals surface area contributed by atoms with E-state index < -0.39 is 19.6 Å². The van der Waals surface area contributed by atoms with Crippen LogP contribution in [0.4, 0.5) is 14.4 Å². The van der Waals surface area contributed by atoms with E-state index in [9.17, 15) is 14.4 Å². The SMILES string of the molecule is C[P+]1(C)N(CNC(N)=O)C(=O)N1CNC(N)=O. The van der Waals surface area contributed by atoms with Crippen LogP contribution in [0.5, 0.6) is 0 Å². The van der Waals surface area contributed by atoms with Gasteiger partial charge in [-0.15, -0.1) is 0 Å². The monoisotopic (exact) mass is 263 g/mol. The Bertz CT molecular complexity index is 330. The quantitative estimate of drug-likeness (QED) is 0.489. The average molecular weight is 263 g/mol. The molecule has 0 spiro atoms. The lowest BCUT2D eigenvalue weighted by Gasteiger charge is -2.47. The third-order valence-corrected chi connectivity index (χ3v) is 5.42. The highest BCUT2D eigenvalue weighted by Gasteiger charge is 2.60. The summed E-state index contributed by atoms with van der Waals surface area (Å²) in [6, 6.07) is -1.65. The molecule has 1 rings (SSSR count). The van der Waals surface area contributed by atoms with Crippen LogP contribution in [0.3, 0.4) is 0 Å². The number of urea groups is 3. The van der Waals surface area contributed by atoms with Gasteiger partial charge in [0, 0.05) is 0 Å². The van der Waals surface area contributed by atoms with Crippen LogP contribution in [-0.2, 0) is 0 Å². The zero-order valence-electron chi connectivity index (χ0n) is 9.64. The van der Waals surface area contributed by atoms with E-state index in [2.05, 4.69) is 10.6 Å². The molecule has 96 valence electrons. The van der Waals surface area contributed by atoms with Crippen LogP contribution in [0.15, 0.2) is 0 Å². The number of hydrogen-bond donors (Lipinski definition) is 4. The van der Waals surface area contributed by atoms with Gasteiger partial charge >= 0.3 is 18.1 Å². The molecule has 6 amide bonds. The van der Waals surface area contributed by atoms with Gasteiger partial charge in [0.15, 0.2) is 0 Å². The molecule has 17 heavy (non-hydrogen) atoms. The minimum absolute atomic E-state index is 0.0714. The van der Waals surface area contributed by atoms with Gasteiger partial charge in [-0.25, -0.2) is 14.4 Å². The number of nitrogens with two attached hydrogens (primary N) is 2. The number of hydrogen-bond acceptors (Lipinski definition) is 3. The molecule has 0 aromatic heterocycles. The van der Waals surface area contributed by atoms with Crippen molar-refractivity contribution in [2.45, 2.75) is 0 Å². The molecule has 0 aliphatic carbocycles. The van der Waals surface area contributed by atoms with Crippen molar-refractivity contribution in [1.82, 2.24) is 20.0 Å². The fourth-order valence-electron chi connectivity index (χ4n) is 1.43. The third kappa shape index (κ3) is 2.68. The Morgan fingerprint density at radius 3 is 1.71 bits per heavy atom. The molecule has 0 bridgehead atoms. The van der Waals surface area contributed by atoms with Crippen molar-refractivity contribution >= 4 is 25.7 Å². The van der Waals surface area contributed by atoms with Crippen molar-refractivity contribution in [2.75, 3.05) is 26.7 Å². The molecule has 1 fully saturated rings. The second-order valence-electron chi connectivity index (χ2n) is 3.82. The fourth-order valence-corrected chi connectivity index (χ4v) is 3.45. The summed E-state index contributed by atoms with van der Waals surface area (Å²) in [4.78, 5) is 32.8. The largest absolute Gasteiger partial charge is 0.390 e. The number of nitrogens with zero attached hydrogens (tertiary/aromatic N) is 2. The summed E-state index contributed by atoms with van der Waals surface area (Å²) in [5.74, 6) is 0. The van der Waals surface area contributed by atoms with E-state index >= 15 is 0 Å². The molecule has 0 aromatic rings. The summed E-state index contributed by atoms with van der Waals surface area (Å²) < 4.78 is 3.03. The summed E-state index contributed by atoms with van der Waals surface area (Å²) >= 11 is 0. The van der Waals surface area contributed by atoms with Crippen molar-refractivity contribution in [3.63, 3.8) is 0 Å². The highest BCUT2D eigenvalue weighted by atomic mass is 31.2. The predicted octanol–water partition coefficient (Wildman–Crippen LogP) is -0.917. The van der Waals surface area contributed by atoms with Gasteiger partial charge in [-0.1, -0.05) is 0 Å². The predicted molar refractivity (Wildman–Crippen MR) is 63.0 cm³/mol. The van der Waals surface area contributed by atoms with Crippen molar-refractivity contribution in [3.8, 4) is 0 Å².